The van der Waals surface area contributed by atoms with E-state index in [1.54, 1.807) is 11.3 Å². The first-order chi connectivity index (χ1) is 8.00. The zero-order valence-electron chi connectivity index (χ0n) is 9.36. The van der Waals surface area contributed by atoms with Crippen molar-refractivity contribution >= 4 is 33.2 Å². The maximum Gasteiger partial charge on any atom is 0.341 e. The van der Waals surface area contributed by atoms with Gasteiger partial charge in [0.15, 0.2) is 5.60 Å². The van der Waals surface area contributed by atoms with Crippen LogP contribution in [0.3, 0.4) is 0 Å². The first-order valence-electron chi connectivity index (χ1n) is 5.15. The largest absolute Gasteiger partial charge is 0.445 e. The molecule has 1 aliphatic rings. The van der Waals surface area contributed by atoms with Gasteiger partial charge < -0.3 is 9.30 Å². The Morgan fingerprint density at radius 1 is 1.47 bits per heavy atom. The van der Waals surface area contributed by atoms with Crippen molar-refractivity contribution in [3.05, 3.63) is 44.3 Å². The van der Waals surface area contributed by atoms with E-state index in [-0.39, 0.29) is 5.97 Å². The molecule has 0 aliphatic carbocycles. The molecular formula is C12H10BrNO2S. The van der Waals surface area contributed by atoms with Crippen molar-refractivity contribution in [1.82, 2.24) is 4.57 Å². The molecule has 2 aromatic rings. The number of aryl methyl sites for hydroxylation is 1. The molecule has 17 heavy (non-hydrogen) atoms. The molecule has 1 aliphatic heterocycles. The fourth-order valence-corrected chi connectivity index (χ4v) is 3.71. The van der Waals surface area contributed by atoms with Crippen molar-refractivity contribution < 1.29 is 9.53 Å². The Labute approximate surface area is 111 Å². The summed E-state index contributed by atoms with van der Waals surface area (Å²) in [6.45, 7) is 1.94. The number of carbonyl (C=O) groups excluding carboxylic acids is 1. The van der Waals surface area contributed by atoms with Crippen LogP contribution >= 0.6 is 27.3 Å². The lowest BCUT2D eigenvalue weighted by Gasteiger charge is -2.22. The summed E-state index contributed by atoms with van der Waals surface area (Å²) in [6, 6.07) is 2.00. The van der Waals surface area contributed by atoms with Crippen LogP contribution in [0.2, 0.25) is 0 Å². The van der Waals surface area contributed by atoms with Crippen molar-refractivity contribution in [2.24, 2.45) is 7.05 Å². The molecule has 1 unspecified atom stereocenters. The lowest BCUT2D eigenvalue weighted by Crippen LogP contribution is -2.22. The van der Waals surface area contributed by atoms with E-state index < -0.39 is 5.60 Å². The summed E-state index contributed by atoms with van der Waals surface area (Å²) < 4.78 is 8.46. The summed E-state index contributed by atoms with van der Waals surface area (Å²) in [6.07, 6.45) is 3.76. The number of rotatable bonds is 1. The van der Waals surface area contributed by atoms with Gasteiger partial charge in [0, 0.05) is 34.9 Å². The van der Waals surface area contributed by atoms with E-state index in [1.807, 2.05) is 42.4 Å². The summed E-state index contributed by atoms with van der Waals surface area (Å²) in [5.41, 5.74) is 0.962. The van der Waals surface area contributed by atoms with Crippen LogP contribution in [0.15, 0.2) is 28.3 Å². The molecule has 5 heteroatoms. The van der Waals surface area contributed by atoms with Gasteiger partial charge in [0.25, 0.3) is 0 Å². The number of carbonyl (C=O) groups is 1. The van der Waals surface area contributed by atoms with E-state index in [2.05, 4.69) is 15.9 Å². The quantitative estimate of drug-likeness (QED) is 0.757. The smallest absolute Gasteiger partial charge is 0.341 e. The minimum absolute atomic E-state index is 0.243. The van der Waals surface area contributed by atoms with Gasteiger partial charge in [-0.3, -0.25) is 0 Å². The van der Waals surface area contributed by atoms with E-state index in [9.17, 15) is 4.79 Å². The van der Waals surface area contributed by atoms with E-state index in [0.29, 0.717) is 5.56 Å². The number of esters is 1. The number of cyclic esters (lactones) is 1. The second-order valence-electron chi connectivity index (χ2n) is 4.30. The number of thiophene rings is 1. The Hall–Kier alpha value is -1.07. The average Bonchev–Trinajstić information content (AvgIpc) is 2.88. The van der Waals surface area contributed by atoms with Gasteiger partial charge in [0.1, 0.15) is 0 Å². The fourth-order valence-electron chi connectivity index (χ4n) is 2.17. The van der Waals surface area contributed by atoms with E-state index in [4.69, 9.17) is 4.74 Å². The third-order valence-electron chi connectivity index (χ3n) is 3.02. The maximum atomic E-state index is 11.8. The lowest BCUT2D eigenvalue weighted by atomic mass is 9.96. The van der Waals surface area contributed by atoms with Crippen molar-refractivity contribution in [1.29, 1.82) is 0 Å². The molecule has 0 aromatic carbocycles. The number of ether oxygens (including phenoxy) is 1. The van der Waals surface area contributed by atoms with Crippen LogP contribution in [0.25, 0.3) is 0 Å². The van der Waals surface area contributed by atoms with Crippen molar-refractivity contribution in [3.63, 3.8) is 0 Å². The molecule has 0 bridgehead atoms. The van der Waals surface area contributed by atoms with E-state index >= 15 is 0 Å². The summed E-state index contributed by atoms with van der Waals surface area (Å²) in [7, 11) is 1.91. The summed E-state index contributed by atoms with van der Waals surface area (Å²) in [4.78, 5) is 12.9. The molecule has 3 heterocycles. The molecule has 3 rings (SSSR count). The zero-order valence-corrected chi connectivity index (χ0v) is 11.8. The molecule has 0 radical (unpaired) electrons. The normalized spacial score (nSPS) is 22.6. The van der Waals surface area contributed by atoms with Crippen molar-refractivity contribution in [3.8, 4) is 0 Å². The van der Waals surface area contributed by atoms with Gasteiger partial charge in [-0.2, -0.15) is 0 Å². The number of fused-ring (bicyclic) bond motifs is 1. The molecule has 1 atom stereocenters. The second kappa shape index (κ2) is 3.46. The maximum absolute atomic E-state index is 11.8. The van der Waals surface area contributed by atoms with Crippen LogP contribution in [0.1, 0.15) is 27.7 Å². The Balaban J connectivity index is 2.19. The van der Waals surface area contributed by atoms with E-state index in [1.165, 1.54) is 0 Å². The Morgan fingerprint density at radius 2 is 2.24 bits per heavy atom. The highest BCUT2D eigenvalue weighted by atomic mass is 79.9. The average molecular weight is 312 g/mol. The Morgan fingerprint density at radius 3 is 2.88 bits per heavy atom. The number of hydrogen-bond acceptors (Lipinski definition) is 3. The molecule has 0 saturated carbocycles. The van der Waals surface area contributed by atoms with Gasteiger partial charge in [0.2, 0.25) is 0 Å². The second-order valence-corrected chi connectivity index (χ2v) is 6.13. The molecule has 3 nitrogen and oxygen atoms in total. The van der Waals surface area contributed by atoms with Crippen molar-refractivity contribution in [2.45, 2.75) is 12.5 Å². The molecule has 0 amide bonds. The SMILES string of the molecule is Cn1cc2c(c1)C(C)(c1cc(Br)cs1)OC2=O. The number of halogens is 1. The highest BCUT2D eigenvalue weighted by Gasteiger charge is 2.45. The van der Waals surface area contributed by atoms with Gasteiger partial charge >= 0.3 is 5.97 Å². The minimum atomic E-state index is -0.648. The first kappa shape index (κ1) is 11.0. The minimum Gasteiger partial charge on any atom is -0.445 e. The van der Waals surface area contributed by atoms with Gasteiger partial charge in [0.05, 0.1) is 10.4 Å². The highest BCUT2D eigenvalue weighted by Crippen LogP contribution is 2.44. The molecule has 0 spiro atoms. The molecule has 0 saturated heterocycles. The third-order valence-corrected chi connectivity index (χ3v) is 4.92. The predicted octanol–water partition coefficient (Wildman–Crippen LogP) is 3.28. The van der Waals surface area contributed by atoms with Gasteiger partial charge in [-0.25, -0.2) is 4.79 Å². The Kier molecular flexibility index (Phi) is 2.25. The first-order valence-corrected chi connectivity index (χ1v) is 6.82. The number of nitrogens with zero attached hydrogens (tertiary/aromatic N) is 1. The molecule has 88 valence electrons. The van der Waals surface area contributed by atoms with Crippen LogP contribution in [-0.2, 0) is 17.4 Å². The Bertz CT molecular complexity index is 616. The summed E-state index contributed by atoms with van der Waals surface area (Å²) in [5.74, 6) is -0.243. The molecule has 2 aromatic heterocycles. The van der Waals surface area contributed by atoms with Crippen LogP contribution in [0.5, 0.6) is 0 Å². The van der Waals surface area contributed by atoms with Crippen molar-refractivity contribution in [2.75, 3.05) is 0 Å². The van der Waals surface area contributed by atoms with Crippen LogP contribution in [0.4, 0.5) is 0 Å². The fraction of sp³-hybridized carbons (Fsp3) is 0.250. The van der Waals surface area contributed by atoms with Gasteiger partial charge in [-0.15, -0.1) is 11.3 Å². The molecule has 0 fully saturated rings. The third kappa shape index (κ3) is 1.49. The molecule has 0 N–H and O–H groups in total. The number of hydrogen-bond donors (Lipinski definition) is 0. The topological polar surface area (TPSA) is 31.2 Å². The number of aromatic nitrogens is 1. The van der Waals surface area contributed by atoms with E-state index in [0.717, 1.165) is 14.9 Å². The van der Waals surface area contributed by atoms with Gasteiger partial charge in [-0.1, -0.05) is 0 Å². The van der Waals surface area contributed by atoms with Crippen LogP contribution < -0.4 is 0 Å². The van der Waals surface area contributed by atoms with Gasteiger partial charge in [-0.05, 0) is 28.9 Å². The summed E-state index contributed by atoms with van der Waals surface area (Å²) >= 11 is 5.02. The zero-order chi connectivity index (χ0) is 12.2. The van der Waals surface area contributed by atoms with Crippen LogP contribution in [0, 0.1) is 0 Å². The standard InChI is InChI=1S/C12H10BrNO2S/c1-12(10-3-7(13)6-17-10)9-5-14(2)4-8(9)11(15)16-12/h3-6H,1-2H3. The summed E-state index contributed by atoms with van der Waals surface area (Å²) in [5, 5.41) is 2.00. The highest BCUT2D eigenvalue weighted by molar-refractivity contribution is 9.10. The lowest BCUT2D eigenvalue weighted by molar-refractivity contribution is 0.0188. The molecular weight excluding hydrogens is 302 g/mol. The predicted molar refractivity (Wildman–Crippen MR) is 69.3 cm³/mol. The monoisotopic (exact) mass is 311 g/mol. The van der Waals surface area contributed by atoms with Crippen LogP contribution in [-0.4, -0.2) is 10.5 Å².